The topological polar surface area (TPSA) is 64.3 Å². The van der Waals surface area contributed by atoms with Crippen molar-refractivity contribution in [2.75, 3.05) is 13.2 Å². The smallest absolute Gasteiger partial charge is 0.252 e. The van der Waals surface area contributed by atoms with Crippen molar-refractivity contribution >= 4 is 17.5 Å². The van der Waals surface area contributed by atoms with Crippen molar-refractivity contribution < 1.29 is 9.53 Å². The van der Waals surface area contributed by atoms with E-state index in [1.165, 1.54) is 0 Å². The number of nitrogens with two attached hydrogens (primary N) is 1. The molecular weight excluding hydrogens is 276 g/mol. The average molecular weight is 297 g/mol. The summed E-state index contributed by atoms with van der Waals surface area (Å²) < 4.78 is 5.74. The van der Waals surface area contributed by atoms with E-state index >= 15 is 0 Å². The van der Waals surface area contributed by atoms with Crippen molar-refractivity contribution in [3.63, 3.8) is 0 Å². The van der Waals surface area contributed by atoms with Gasteiger partial charge in [-0.1, -0.05) is 23.7 Å². The summed E-state index contributed by atoms with van der Waals surface area (Å²) in [6.45, 7) is 1.02. The number of hydrogen-bond acceptors (Lipinski definition) is 3. The fraction of sp³-hybridized carbons (Fsp3) is 0.533. The molecule has 2 rings (SSSR count). The fourth-order valence-corrected chi connectivity index (χ4v) is 2.61. The third kappa shape index (κ3) is 4.47. The van der Waals surface area contributed by atoms with E-state index in [1.54, 1.807) is 24.3 Å². The molecule has 0 bridgehead atoms. The highest BCUT2D eigenvalue weighted by Gasteiger charge is 2.18. The van der Waals surface area contributed by atoms with E-state index in [9.17, 15) is 4.79 Å². The second kappa shape index (κ2) is 7.62. The Hall–Kier alpha value is -1.10. The molecule has 1 aliphatic carbocycles. The molecule has 0 heterocycles. The van der Waals surface area contributed by atoms with Crippen LogP contribution in [0.2, 0.25) is 5.02 Å². The van der Waals surface area contributed by atoms with Crippen LogP contribution >= 0.6 is 11.6 Å². The van der Waals surface area contributed by atoms with E-state index in [2.05, 4.69) is 5.32 Å². The lowest BCUT2D eigenvalue weighted by molar-refractivity contribution is 0.0267. The summed E-state index contributed by atoms with van der Waals surface area (Å²) in [4.78, 5) is 11.9. The van der Waals surface area contributed by atoms with Crippen LogP contribution in [0.3, 0.4) is 0 Å². The van der Waals surface area contributed by atoms with Gasteiger partial charge in [-0.15, -0.1) is 0 Å². The van der Waals surface area contributed by atoms with Crippen molar-refractivity contribution in [2.45, 2.75) is 37.8 Å². The highest BCUT2D eigenvalue weighted by molar-refractivity contribution is 6.33. The first-order valence-corrected chi connectivity index (χ1v) is 7.44. The summed E-state index contributed by atoms with van der Waals surface area (Å²) in [7, 11) is 0. The number of amides is 1. The molecule has 1 saturated carbocycles. The van der Waals surface area contributed by atoms with E-state index in [-0.39, 0.29) is 12.0 Å². The van der Waals surface area contributed by atoms with Crippen molar-refractivity contribution in [1.29, 1.82) is 0 Å². The zero-order valence-electron chi connectivity index (χ0n) is 11.5. The molecule has 1 amide bonds. The lowest BCUT2D eigenvalue weighted by Crippen LogP contribution is -2.33. The Kier molecular flexibility index (Phi) is 5.83. The molecule has 5 heteroatoms. The first-order valence-electron chi connectivity index (χ1n) is 7.06. The van der Waals surface area contributed by atoms with Gasteiger partial charge < -0.3 is 15.8 Å². The highest BCUT2D eigenvalue weighted by atomic mass is 35.5. The highest BCUT2D eigenvalue weighted by Crippen LogP contribution is 2.19. The lowest BCUT2D eigenvalue weighted by Gasteiger charge is -2.26. The van der Waals surface area contributed by atoms with Gasteiger partial charge in [0.2, 0.25) is 0 Å². The molecule has 1 aromatic rings. The monoisotopic (exact) mass is 296 g/mol. The molecule has 1 aromatic carbocycles. The summed E-state index contributed by atoms with van der Waals surface area (Å²) in [5, 5.41) is 3.28. The van der Waals surface area contributed by atoms with E-state index in [0.717, 1.165) is 25.7 Å². The second-order valence-electron chi connectivity index (χ2n) is 5.14. The summed E-state index contributed by atoms with van der Waals surface area (Å²) in [5.41, 5.74) is 6.34. The van der Waals surface area contributed by atoms with Crippen LogP contribution in [0, 0.1) is 0 Å². The number of nitrogens with one attached hydrogen (secondary N) is 1. The molecule has 0 unspecified atom stereocenters. The Balaban J connectivity index is 1.66. The normalized spacial score (nSPS) is 22.5. The molecule has 1 fully saturated rings. The fourth-order valence-electron chi connectivity index (χ4n) is 2.39. The van der Waals surface area contributed by atoms with Gasteiger partial charge in [0.25, 0.3) is 5.91 Å². The predicted molar refractivity (Wildman–Crippen MR) is 80.0 cm³/mol. The van der Waals surface area contributed by atoms with Crippen LogP contribution in [-0.4, -0.2) is 31.2 Å². The number of benzene rings is 1. The first kappa shape index (κ1) is 15.3. The molecule has 0 saturated heterocycles. The van der Waals surface area contributed by atoms with Crippen LogP contribution in [0.1, 0.15) is 36.0 Å². The summed E-state index contributed by atoms with van der Waals surface area (Å²) >= 11 is 5.96. The van der Waals surface area contributed by atoms with Crippen molar-refractivity contribution in [1.82, 2.24) is 5.32 Å². The Labute approximate surface area is 124 Å². The van der Waals surface area contributed by atoms with Crippen LogP contribution in [0.4, 0.5) is 0 Å². The Bertz CT molecular complexity index is 445. The van der Waals surface area contributed by atoms with Crippen LogP contribution in [0.5, 0.6) is 0 Å². The van der Waals surface area contributed by atoms with Gasteiger partial charge in [0, 0.05) is 12.6 Å². The standard InChI is InChI=1S/C15H21ClN2O2/c16-14-4-2-1-3-13(14)15(19)18-9-10-20-12-7-5-11(17)6-8-12/h1-4,11-12H,5-10,17H2,(H,18,19). The minimum absolute atomic E-state index is 0.162. The van der Waals surface area contributed by atoms with Gasteiger partial charge in [0.1, 0.15) is 0 Å². The van der Waals surface area contributed by atoms with Gasteiger partial charge in [-0.3, -0.25) is 4.79 Å². The first-order chi connectivity index (χ1) is 9.66. The summed E-state index contributed by atoms with van der Waals surface area (Å²) in [6.07, 6.45) is 4.36. The zero-order valence-corrected chi connectivity index (χ0v) is 12.2. The van der Waals surface area contributed by atoms with Crippen molar-refractivity contribution in [3.8, 4) is 0 Å². The predicted octanol–water partition coefficient (Wildman–Crippen LogP) is 2.36. The number of carbonyl (C=O) groups excluding carboxylic acids is 1. The van der Waals surface area contributed by atoms with Crippen molar-refractivity contribution in [3.05, 3.63) is 34.9 Å². The summed E-state index contributed by atoms with van der Waals surface area (Å²) in [5.74, 6) is -0.162. The van der Waals surface area contributed by atoms with Gasteiger partial charge in [0.05, 0.1) is 23.3 Å². The Morgan fingerprint density at radius 1 is 1.30 bits per heavy atom. The number of rotatable bonds is 5. The average Bonchev–Trinajstić information content (AvgIpc) is 2.46. The van der Waals surface area contributed by atoms with Gasteiger partial charge >= 0.3 is 0 Å². The Morgan fingerprint density at radius 3 is 2.70 bits per heavy atom. The van der Waals surface area contributed by atoms with Crippen LogP contribution in [0.15, 0.2) is 24.3 Å². The van der Waals surface area contributed by atoms with Gasteiger partial charge in [-0.25, -0.2) is 0 Å². The largest absolute Gasteiger partial charge is 0.376 e. The number of carbonyl (C=O) groups is 1. The maximum atomic E-state index is 11.9. The molecule has 0 radical (unpaired) electrons. The SMILES string of the molecule is NC1CCC(OCCNC(=O)c2ccccc2Cl)CC1. The zero-order chi connectivity index (χ0) is 14.4. The molecular formula is C15H21ClN2O2. The maximum Gasteiger partial charge on any atom is 0.252 e. The maximum absolute atomic E-state index is 11.9. The molecule has 0 atom stereocenters. The number of ether oxygens (including phenoxy) is 1. The van der Waals surface area contributed by atoms with Gasteiger partial charge in [-0.05, 0) is 37.8 Å². The van der Waals surface area contributed by atoms with E-state index in [4.69, 9.17) is 22.1 Å². The van der Waals surface area contributed by atoms with E-state index in [0.29, 0.717) is 29.8 Å². The van der Waals surface area contributed by atoms with E-state index < -0.39 is 0 Å². The molecule has 3 N–H and O–H groups in total. The van der Waals surface area contributed by atoms with Crippen LogP contribution in [0.25, 0.3) is 0 Å². The lowest BCUT2D eigenvalue weighted by atomic mass is 9.94. The second-order valence-corrected chi connectivity index (χ2v) is 5.55. The molecule has 0 aromatic heterocycles. The summed E-state index contributed by atoms with van der Waals surface area (Å²) in [6, 6.07) is 7.34. The number of hydrogen-bond donors (Lipinski definition) is 2. The number of halogens is 1. The van der Waals surface area contributed by atoms with Crippen molar-refractivity contribution in [2.24, 2.45) is 5.73 Å². The molecule has 1 aliphatic rings. The van der Waals surface area contributed by atoms with Gasteiger partial charge in [-0.2, -0.15) is 0 Å². The molecule has 110 valence electrons. The molecule has 0 spiro atoms. The molecule has 4 nitrogen and oxygen atoms in total. The minimum atomic E-state index is -0.162. The minimum Gasteiger partial charge on any atom is -0.376 e. The third-order valence-corrected chi connectivity index (χ3v) is 3.91. The van der Waals surface area contributed by atoms with Gasteiger partial charge in [0.15, 0.2) is 0 Å². The molecule has 0 aliphatic heterocycles. The molecule has 20 heavy (non-hydrogen) atoms. The third-order valence-electron chi connectivity index (χ3n) is 3.58. The quantitative estimate of drug-likeness (QED) is 0.820. The van der Waals surface area contributed by atoms with Crippen LogP contribution < -0.4 is 11.1 Å². The Morgan fingerprint density at radius 2 is 2.00 bits per heavy atom. The van der Waals surface area contributed by atoms with Crippen LogP contribution in [-0.2, 0) is 4.74 Å². The van der Waals surface area contributed by atoms with E-state index in [1.807, 2.05) is 0 Å².